The Morgan fingerprint density at radius 3 is 2.71 bits per heavy atom. The number of anilines is 1. The highest BCUT2D eigenvalue weighted by Crippen LogP contribution is 2.26. The smallest absolute Gasteiger partial charge is 0.0406 e. The zero-order valence-electron chi connectivity index (χ0n) is 12.4. The molecule has 1 aliphatic rings. The van der Waals surface area contributed by atoms with Gasteiger partial charge in [0.1, 0.15) is 0 Å². The van der Waals surface area contributed by atoms with E-state index in [-0.39, 0.29) is 0 Å². The van der Waals surface area contributed by atoms with Gasteiger partial charge in [-0.25, -0.2) is 0 Å². The van der Waals surface area contributed by atoms with Crippen LogP contribution in [0.5, 0.6) is 0 Å². The maximum atomic E-state index is 5.94. The number of hydrogen-bond donors (Lipinski definition) is 1. The molecule has 2 nitrogen and oxygen atoms in total. The van der Waals surface area contributed by atoms with Gasteiger partial charge >= 0.3 is 0 Å². The van der Waals surface area contributed by atoms with Gasteiger partial charge in [0.15, 0.2) is 0 Å². The first-order valence-electron chi connectivity index (χ1n) is 7.50. The summed E-state index contributed by atoms with van der Waals surface area (Å²) >= 11 is 5.94. The fourth-order valence-electron chi connectivity index (χ4n) is 2.98. The van der Waals surface area contributed by atoms with Crippen molar-refractivity contribution >= 4 is 17.3 Å². The molecule has 0 aromatic heterocycles. The number of nitrogens with one attached hydrogen (secondary N) is 1. The minimum absolute atomic E-state index is 0.796. The van der Waals surface area contributed by atoms with E-state index in [0.717, 1.165) is 24.7 Å². The highest BCUT2D eigenvalue weighted by Gasteiger charge is 2.13. The molecule has 3 rings (SSSR count). The average molecular weight is 301 g/mol. The van der Waals surface area contributed by atoms with E-state index in [9.17, 15) is 0 Å². The molecule has 0 saturated heterocycles. The van der Waals surface area contributed by atoms with E-state index in [1.807, 2.05) is 12.1 Å². The third-order valence-corrected chi connectivity index (χ3v) is 4.25. The Morgan fingerprint density at radius 1 is 1.10 bits per heavy atom. The SMILES string of the molecule is CN(Cc1ccc(Cl)cc1)Cc1cccc2c1CCCN2. The van der Waals surface area contributed by atoms with Crippen molar-refractivity contribution in [2.24, 2.45) is 0 Å². The lowest BCUT2D eigenvalue weighted by Gasteiger charge is -2.24. The molecule has 0 unspecified atom stereocenters. The summed E-state index contributed by atoms with van der Waals surface area (Å²) in [5.41, 5.74) is 5.55. The molecular formula is C18H21ClN2. The summed E-state index contributed by atoms with van der Waals surface area (Å²) in [5.74, 6) is 0. The summed E-state index contributed by atoms with van der Waals surface area (Å²) in [5, 5.41) is 4.29. The molecule has 1 heterocycles. The minimum atomic E-state index is 0.796. The molecule has 110 valence electrons. The fraction of sp³-hybridized carbons (Fsp3) is 0.333. The lowest BCUT2D eigenvalue weighted by Crippen LogP contribution is -2.20. The van der Waals surface area contributed by atoms with Crippen molar-refractivity contribution in [3.05, 3.63) is 64.2 Å². The van der Waals surface area contributed by atoms with Gasteiger partial charge in [0.25, 0.3) is 0 Å². The molecular weight excluding hydrogens is 280 g/mol. The van der Waals surface area contributed by atoms with Gasteiger partial charge in [-0.15, -0.1) is 0 Å². The lowest BCUT2D eigenvalue weighted by molar-refractivity contribution is 0.318. The molecule has 0 fully saturated rings. The van der Waals surface area contributed by atoms with E-state index in [2.05, 4.69) is 47.6 Å². The molecule has 0 aliphatic carbocycles. The predicted octanol–water partition coefficient (Wildman–Crippen LogP) is 4.33. The summed E-state index contributed by atoms with van der Waals surface area (Å²) < 4.78 is 0. The van der Waals surface area contributed by atoms with Crippen molar-refractivity contribution in [3.63, 3.8) is 0 Å². The quantitative estimate of drug-likeness (QED) is 0.904. The largest absolute Gasteiger partial charge is 0.385 e. The molecule has 2 aromatic rings. The second kappa shape index (κ2) is 6.50. The Labute approximate surface area is 131 Å². The fourth-order valence-corrected chi connectivity index (χ4v) is 3.11. The number of hydrogen-bond acceptors (Lipinski definition) is 2. The third kappa shape index (κ3) is 3.58. The molecule has 21 heavy (non-hydrogen) atoms. The first kappa shape index (κ1) is 14.4. The molecule has 0 amide bonds. The summed E-state index contributed by atoms with van der Waals surface area (Å²) in [4.78, 5) is 2.35. The highest BCUT2D eigenvalue weighted by molar-refractivity contribution is 6.30. The molecule has 1 aliphatic heterocycles. The van der Waals surface area contributed by atoms with Crippen molar-refractivity contribution in [2.75, 3.05) is 18.9 Å². The first-order chi connectivity index (χ1) is 10.2. The van der Waals surface area contributed by atoms with Gasteiger partial charge < -0.3 is 5.32 Å². The van der Waals surface area contributed by atoms with Crippen molar-refractivity contribution in [3.8, 4) is 0 Å². The standard InChI is InChI=1S/C18H21ClN2/c1-21(12-14-7-9-16(19)10-8-14)13-15-4-2-6-18-17(15)5-3-11-20-18/h2,4,6-10,20H,3,5,11-13H2,1H3. The van der Waals surface area contributed by atoms with Crippen molar-refractivity contribution < 1.29 is 0 Å². The summed E-state index contributed by atoms with van der Waals surface area (Å²) in [6, 6.07) is 14.7. The zero-order chi connectivity index (χ0) is 14.7. The Morgan fingerprint density at radius 2 is 1.90 bits per heavy atom. The van der Waals surface area contributed by atoms with Gasteiger partial charge in [-0.3, -0.25) is 4.90 Å². The summed E-state index contributed by atoms with van der Waals surface area (Å²) in [6.45, 7) is 3.01. The van der Waals surface area contributed by atoms with Crippen LogP contribution in [0.25, 0.3) is 0 Å². The Balaban J connectivity index is 1.70. The van der Waals surface area contributed by atoms with Crippen LogP contribution in [0.2, 0.25) is 5.02 Å². The van der Waals surface area contributed by atoms with Crippen LogP contribution in [-0.4, -0.2) is 18.5 Å². The number of fused-ring (bicyclic) bond motifs is 1. The van der Waals surface area contributed by atoms with Crippen molar-refractivity contribution in [1.82, 2.24) is 4.90 Å². The number of benzene rings is 2. The maximum Gasteiger partial charge on any atom is 0.0406 e. The second-order valence-electron chi connectivity index (χ2n) is 5.77. The van der Waals surface area contributed by atoms with Crippen molar-refractivity contribution in [1.29, 1.82) is 0 Å². The van der Waals surface area contributed by atoms with E-state index in [4.69, 9.17) is 11.6 Å². The number of halogens is 1. The third-order valence-electron chi connectivity index (χ3n) is 4.00. The van der Waals surface area contributed by atoms with Crippen LogP contribution in [0.3, 0.4) is 0 Å². The van der Waals surface area contributed by atoms with Crippen LogP contribution in [-0.2, 0) is 19.5 Å². The minimum Gasteiger partial charge on any atom is -0.385 e. The number of nitrogens with zero attached hydrogens (tertiary/aromatic N) is 1. The van der Waals surface area contributed by atoms with Gasteiger partial charge in [0.05, 0.1) is 0 Å². The molecule has 0 atom stereocenters. The van der Waals surface area contributed by atoms with E-state index >= 15 is 0 Å². The van der Waals surface area contributed by atoms with Gasteiger partial charge in [-0.05, 0) is 54.8 Å². The predicted molar refractivity (Wildman–Crippen MR) is 89.9 cm³/mol. The van der Waals surface area contributed by atoms with Gasteiger partial charge in [-0.2, -0.15) is 0 Å². The van der Waals surface area contributed by atoms with Crippen LogP contribution in [0.1, 0.15) is 23.1 Å². The summed E-state index contributed by atoms with van der Waals surface area (Å²) in [6.07, 6.45) is 2.41. The van der Waals surface area contributed by atoms with Gasteiger partial charge in [0.2, 0.25) is 0 Å². The van der Waals surface area contributed by atoms with Crippen molar-refractivity contribution in [2.45, 2.75) is 25.9 Å². The van der Waals surface area contributed by atoms with E-state index in [1.54, 1.807) is 0 Å². The van der Waals surface area contributed by atoms with Crippen LogP contribution < -0.4 is 5.32 Å². The van der Waals surface area contributed by atoms with Gasteiger partial charge in [-0.1, -0.05) is 35.9 Å². The molecule has 1 N–H and O–H groups in total. The van der Waals surface area contributed by atoms with Gasteiger partial charge in [0, 0.05) is 30.3 Å². The maximum absolute atomic E-state index is 5.94. The topological polar surface area (TPSA) is 15.3 Å². The van der Waals surface area contributed by atoms with Crippen LogP contribution in [0.4, 0.5) is 5.69 Å². The second-order valence-corrected chi connectivity index (χ2v) is 6.21. The Hall–Kier alpha value is -1.51. The molecule has 0 radical (unpaired) electrons. The van der Waals surface area contributed by atoms with Crippen LogP contribution in [0.15, 0.2) is 42.5 Å². The van der Waals surface area contributed by atoms with Crippen LogP contribution in [0, 0.1) is 0 Å². The molecule has 0 spiro atoms. The Bertz CT molecular complexity index is 607. The molecule has 0 bridgehead atoms. The molecule has 2 aromatic carbocycles. The zero-order valence-corrected chi connectivity index (χ0v) is 13.2. The molecule has 0 saturated carbocycles. The van der Waals surface area contributed by atoms with E-state index in [0.29, 0.717) is 0 Å². The van der Waals surface area contributed by atoms with E-state index < -0.39 is 0 Å². The monoisotopic (exact) mass is 300 g/mol. The Kier molecular flexibility index (Phi) is 4.47. The lowest BCUT2D eigenvalue weighted by atomic mass is 9.97. The number of rotatable bonds is 4. The normalized spacial score (nSPS) is 13.9. The van der Waals surface area contributed by atoms with E-state index in [1.165, 1.54) is 35.2 Å². The average Bonchev–Trinajstić information content (AvgIpc) is 2.50. The first-order valence-corrected chi connectivity index (χ1v) is 7.88. The van der Waals surface area contributed by atoms with Crippen LogP contribution >= 0.6 is 11.6 Å². The summed E-state index contributed by atoms with van der Waals surface area (Å²) in [7, 11) is 2.17. The highest BCUT2D eigenvalue weighted by atomic mass is 35.5. The molecule has 3 heteroatoms.